The third kappa shape index (κ3) is 3.94. The molecule has 0 aliphatic carbocycles. The summed E-state index contributed by atoms with van der Waals surface area (Å²) in [5.41, 5.74) is 2.70. The summed E-state index contributed by atoms with van der Waals surface area (Å²) < 4.78 is 11.0. The second-order valence-corrected chi connectivity index (χ2v) is 5.96. The van der Waals surface area contributed by atoms with Gasteiger partial charge in [-0.15, -0.1) is 0 Å². The summed E-state index contributed by atoms with van der Waals surface area (Å²) in [5, 5.41) is 0. The van der Waals surface area contributed by atoms with Crippen molar-refractivity contribution in [2.24, 2.45) is 5.41 Å². The molecule has 0 aromatic heterocycles. The average molecular weight is 250 g/mol. The Labute approximate surface area is 111 Å². The Hall–Kier alpha value is -1.18. The van der Waals surface area contributed by atoms with Crippen LogP contribution in [0.3, 0.4) is 0 Å². The molecule has 0 unspecified atom stereocenters. The van der Waals surface area contributed by atoms with Gasteiger partial charge in [0.1, 0.15) is 11.5 Å². The van der Waals surface area contributed by atoms with E-state index in [1.165, 1.54) is 11.1 Å². The fourth-order valence-electron chi connectivity index (χ4n) is 2.20. The molecule has 102 valence electrons. The zero-order valence-corrected chi connectivity index (χ0v) is 12.6. The number of hydrogen-bond donors (Lipinski definition) is 0. The van der Waals surface area contributed by atoms with Crippen LogP contribution in [0.1, 0.15) is 45.2 Å². The molecule has 0 aliphatic heterocycles. The van der Waals surface area contributed by atoms with E-state index >= 15 is 0 Å². The first-order chi connectivity index (χ1) is 8.41. The molecule has 2 nitrogen and oxygen atoms in total. The van der Waals surface area contributed by atoms with Crippen molar-refractivity contribution in [2.75, 3.05) is 14.2 Å². The first-order valence-electron chi connectivity index (χ1n) is 6.65. The number of aryl methyl sites for hydroxylation is 1. The second-order valence-electron chi connectivity index (χ2n) is 5.96. The lowest BCUT2D eigenvalue weighted by molar-refractivity contribution is 0.371. The molecule has 2 heteroatoms. The first-order valence-corrected chi connectivity index (χ1v) is 6.65. The highest BCUT2D eigenvalue weighted by Gasteiger charge is 2.17. The number of hydrogen-bond acceptors (Lipinski definition) is 2. The summed E-state index contributed by atoms with van der Waals surface area (Å²) in [6.45, 7) is 8.88. The van der Waals surface area contributed by atoms with Crippen LogP contribution >= 0.6 is 0 Å². The van der Waals surface area contributed by atoms with Crippen molar-refractivity contribution in [3.05, 3.63) is 23.3 Å². The Kier molecular flexibility index (Phi) is 5.06. The van der Waals surface area contributed by atoms with E-state index < -0.39 is 0 Å². The molecule has 1 aromatic rings. The molecule has 0 N–H and O–H groups in total. The van der Waals surface area contributed by atoms with Crippen molar-refractivity contribution in [1.29, 1.82) is 0 Å². The molecule has 0 spiro atoms. The van der Waals surface area contributed by atoms with Crippen molar-refractivity contribution in [1.82, 2.24) is 0 Å². The van der Waals surface area contributed by atoms with Crippen LogP contribution in [0.15, 0.2) is 12.1 Å². The molecule has 0 radical (unpaired) electrons. The third-order valence-electron chi connectivity index (χ3n) is 2.92. The lowest BCUT2D eigenvalue weighted by Gasteiger charge is -2.21. The predicted molar refractivity (Wildman–Crippen MR) is 76.7 cm³/mol. The highest BCUT2D eigenvalue weighted by atomic mass is 16.5. The second kappa shape index (κ2) is 6.12. The molecular weight excluding hydrogens is 224 g/mol. The van der Waals surface area contributed by atoms with E-state index in [1.54, 1.807) is 14.2 Å². The van der Waals surface area contributed by atoms with Crippen LogP contribution < -0.4 is 9.47 Å². The zero-order chi connectivity index (χ0) is 13.8. The van der Waals surface area contributed by atoms with Crippen LogP contribution in [-0.2, 0) is 12.8 Å². The van der Waals surface area contributed by atoms with Gasteiger partial charge in [-0.05, 0) is 41.5 Å². The van der Waals surface area contributed by atoms with E-state index in [9.17, 15) is 0 Å². The summed E-state index contributed by atoms with van der Waals surface area (Å²) in [6.07, 6.45) is 3.12. The van der Waals surface area contributed by atoms with Crippen molar-refractivity contribution in [3.63, 3.8) is 0 Å². The molecule has 0 fully saturated rings. The standard InChI is InChI=1S/C16H26O2/c1-7-8-12-9-15(18-6)13(10-14(12)17-5)11-16(2,3)4/h9-10H,7-8,11H2,1-6H3. The van der Waals surface area contributed by atoms with E-state index in [2.05, 4.69) is 39.8 Å². The monoisotopic (exact) mass is 250 g/mol. The minimum Gasteiger partial charge on any atom is -0.496 e. The molecule has 0 saturated carbocycles. The van der Waals surface area contributed by atoms with Gasteiger partial charge < -0.3 is 9.47 Å². The van der Waals surface area contributed by atoms with Gasteiger partial charge in [0.15, 0.2) is 0 Å². The summed E-state index contributed by atoms with van der Waals surface area (Å²) in [5.74, 6) is 1.96. The number of benzene rings is 1. The Balaban J connectivity index is 3.17. The largest absolute Gasteiger partial charge is 0.496 e. The maximum Gasteiger partial charge on any atom is 0.122 e. The van der Waals surface area contributed by atoms with E-state index in [0.29, 0.717) is 0 Å². The van der Waals surface area contributed by atoms with Gasteiger partial charge in [-0.3, -0.25) is 0 Å². The Morgan fingerprint density at radius 3 is 1.89 bits per heavy atom. The minimum absolute atomic E-state index is 0.241. The molecule has 0 heterocycles. The SMILES string of the molecule is CCCc1cc(OC)c(CC(C)(C)C)cc1OC. The number of ether oxygens (including phenoxy) is 2. The topological polar surface area (TPSA) is 18.5 Å². The summed E-state index contributed by atoms with van der Waals surface area (Å²) >= 11 is 0. The van der Waals surface area contributed by atoms with Crippen LogP contribution in [0.25, 0.3) is 0 Å². The van der Waals surface area contributed by atoms with Crippen molar-refractivity contribution in [3.8, 4) is 11.5 Å². The van der Waals surface area contributed by atoms with Gasteiger partial charge in [0, 0.05) is 0 Å². The fraction of sp³-hybridized carbons (Fsp3) is 0.625. The molecular formula is C16H26O2. The van der Waals surface area contributed by atoms with Gasteiger partial charge in [-0.2, -0.15) is 0 Å². The highest BCUT2D eigenvalue weighted by molar-refractivity contribution is 5.47. The smallest absolute Gasteiger partial charge is 0.122 e. The van der Waals surface area contributed by atoms with Gasteiger partial charge in [0.05, 0.1) is 14.2 Å². The minimum atomic E-state index is 0.241. The number of methoxy groups -OCH3 is 2. The lowest BCUT2D eigenvalue weighted by atomic mass is 9.87. The summed E-state index contributed by atoms with van der Waals surface area (Å²) in [6, 6.07) is 4.26. The highest BCUT2D eigenvalue weighted by Crippen LogP contribution is 2.33. The zero-order valence-electron chi connectivity index (χ0n) is 12.6. The first kappa shape index (κ1) is 14.9. The van der Waals surface area contributed by atoms with Crippen LogP contribution in [0.4, 0.5) is 0 Å². The quantitative estimate of drug-likeness (QED) is 0.778. The maximum absolute atomic E-state index is 5.52. The molecule has 1 aromatic carbocycles. The van der Waals surface area contributed by atoms with Crippen LogP contribution in [0.2, 0.25) is 0 Å². The van der Waals surface area contributed by atoms with E-state index in [0.717, 1.165) is 30.8 Å². The molecule has 0 atom stereocenters. The number of rotatable bonds is 5. The molecule has 18 heavy (non-hydrogen) atoms. The normalized spacial score (nSPS) is 11.4. The van der Waals surface area contributed by atoms with E-state index in [-0.39, 0.29) is 5.41 Å². The van der Waals surface area contributed by atoms with Crippen molar-refractivity contribution >= 4 is 0 Å². The van der Waals surface area contributed by atoms with Crippen LogP contribution in [0, 0.1) is 5.41 Å². The Morgan fingerprint density at radius 1 is 0.944 bits per heavy atom. The predicted octanol–water partition coefficient (Wildman–Crippen LogP) is 4.24. The van der Waals surface area contributed by atoms with Gasteiger partial charge >= 0.3 is 0 Å². The lowest BCUT2D eigenvalue weighted by Crippen LogP contribution is -2.11. The molecule has 0 aliphatic rings. The molecule has 0 amide bonds. The van der Waals surface area contributed by atoms with Gasteiger partial charge in [-0.1, -0.05) is 34.1 Å². The summed E-state index contributed by atoms with van der Waals surface area (Å²) in [7, 11) is 3.48. The van der Waals surface area contributed by atoms with Crippen LogP contribution in [-0.4, -0.2) is 14.2 Å². The van der Waals surface area contributed by atoms with E-state index in [1.807, 2.05) is 0 Å². The fourth-order valence-corrected chi connectivity index (χ4v) is 2.20. The molecule has 0 saturated heterocycles. The van der Waals surface area contributed by atoms with Crippen molar-refractivity contribution < 1.29 is 9.47 Å². The third-order valence-corrected chi connectivity index (χ3v) is 2.92. The molecule has 0 bridgehead atoms. The van der Waals surface area contributed by atoms with Gasteiger partial charge in [0.2, 0.25) is 0 Å². The van der Waals surface area contributed by atoms with E-state index in [4.69, 9.17) is 9.47 Å². The van der Waals surface area contributed by atoms with Gasteiger partial charge in [0.25, 0.3) is 0 Å². The Bertz CT molecular complexity index is 389. The average Bonchev–Trinajstić information content (AvgIpc) is 2.28. The van der Waals surface area contributed by atoms with Crippen molar-refractivity contribution in [2.45, 2.75) is 47.0 Å². The summed E-state index contributed by atoms with van der Waals surface area (Å²) in [4.78, 5) is 0. The maximum atomic E-state index is 5.52. The Morgan fingerprint density at radius 2 is 1.44 bits per heavy atom. The van der Waals surface area contributed by atoms with Crippen LogP contribution in [0.5, 0.6) is 11.5 Å². The molecule has 1 rings (SSSR count). The van der Waals surface area contributed by atoms with Gasteiger partial charge in [-0.25, -0.2) is 0 Å².